The number of hydrogen-bond acceptors (Lipinski definition) is 11. The van der Waals surface area contributed by atoms with Crippen LogP contribution in [0.5, 0.6) is 0 Å². The Morgan fingerprint density at radius 3 is 1.30 bits per heavy atom. The van der Waals surface area contributed by atoms with Gasteiger partial charge in [-0.3, -0.25) is 5.41 Å². The van der Waals surface area contributed by atoms with E-state index in [1.807, 2.05) is 0 Å². The van der Waals surface area contributed by atoms with Crippen molar-refractivity contribution in [2.75, 3.05) is 6.61 Å². The number of hydrogen-bond donors (Lipinski definition) is 1. The molecule has 0 aliphatic carbocycles. The van der Waals surface area contributed by atoms with Gasteiger partial charge in [0.1, 0.15) is 12.7 Å². The molecule has 1 aliphatic rings. The molecule has 1 N–H and O–H groups in total. The molecule has 11 heteroatoms. The van der Waals surface area contributed by atoms with Crippen molar-refractivity contribution in [1.29, 1.82) is 5.41 Å². The molecule has 0 amide bonds. The second-order valence-corrected chi connectivity index (χ2v) is 10.4. The summed E-state index contributed by atoms with van der Waals surface area (Å²) in [6.07, 6.45) is -7.44. The van der Waals surface area contributed by atoms with Crippen LogP contribution in [0.15, 0.2) is 121 Å². The zero-order chi connectivity index (χ0) is 33.2. The highest BCUT2D eigenvalue weighted by Gasteiger charge is 2.54. The average molecular weight is 638 g/mol. The van der Waals surface area contributed by atoms with Crippen LogP contribution >= 0.6 is 0 Å². The molecule has 4 aromatic carbocycles. The summed E-state index contributed by atoms with van der Waals surface area (Å²) in [6.45, 7) is 0.840. The summed E-state index contributed by atoms with van der Waals surface area (Å²) in [6, 6.07) is 32.3. The topological polar surface area (TPSA) is 148 Å². The molecule has 11 nitrogen and oxygen atoms in total. The summed E-state index contributed by atoms with van der Waals surface area (Å²) in [5.41, 5.74) is 0.758. The summed E-state index contributed by atoms with van der Waals surface area (Å²) < 4.78 is 35.0. The Hall–Kier alpha value is -5.81. The van der Waals surface area contributed by atoms with Gasteiger partial charge in [0.25, 0.3) is 0 Å². The van der Waals surface area contributed by atoms with Gasteiger partial charge in [0.15, 0.2) is 18.1 Å². The van der Waals surface area contributed by atoms with Crippen LogP contribution in [0, 0.1) is 5.41 Å². The second kappa shape index (κ2) is 15.5. The zero-order valence-electron chi connectivity index (χ0n) is 25.2. The Bertz CT molecular complexity index is 1680. The van der Waals surface area contributed by atoms with Gasteiger partial charge < -0.3 is 28.4 Å². The molecular formula is C36H31NO10. The van der Waals surface area contributed by atoms with Crippen LogP contribution in [0.1, 0.15) is 48.4 Å². The minimum absolute atomic E-state index is 0.160. The minimum Gasteiger partial charge on any atom is -0.459 e. The van der Waals surface area contributed by atoms with Crippen molar-refractivity contribution < 1.29 is 47.6 Å². The van der Waals surface area contributed by atoms with E-state index in [-0.39, 0.29) is 28.2 Å². The van der Waals surface area contributed by atoms with Gasteiger partial charge in [-0.1, -0.05) is 72.8 Å². The average Bonchev–Trinajstić information content (AvgIpc) is 3.10. The summed E-state index contributed by atoms with van der Waals surface area (Å²) in [4.78, 5) is 53.2. The highest BCUT2D eigenvalue weighted by molar-refractivity contribution is 5.91. The van der Waals surface area contributed by atoms with Crippen LogP contribution in [0.3, 0.4) is 0 Å². The monoisotopic (exact) mass is 637 g/mol. The second-order valence-electron chi connectivity index (χ2n) is 10.4. The number of carbonyl (C=O) groups excluding carboxylic acids is 4. The molecule has 5 unspecified atom stereocenters. The Balaban J connectivity index is 1.54. The van der Waals surface area contributed by atoms with Crippen LogP contribution < -0.4 is 0 Å². The van der Waals surface area contributed by atoms with E-state index in [1.54, 1.807) is 84.9 Å². The van der Waals surface area contributed by atoms with Crippen LogP contribution in [-0.2, 0) is 28.4 Å². The Kier molecular flexibility index (Phi) is 10.7. The van der Waals surface area contributed by atoms with Crippen LogP contribution in [0.2, 0.25) is 0 Å². The summed E-state index contributed by atoms with van der Waals surface area (Å²) in [7, 11) is 0. The number of nitrogens with one attached hydrogen (secondary N) is 1. The first kappa shape index (κ1) is 32.6. The molecule has 0 spiro atoms. The smallest absolute Gasteiger partial charge is 0.338 e. The van der Waals surface area contributed by atoms with Gasteiger partial charge in [-0.25, -0.2) is 19.2 Å². The lowest BCUT2D eigenvalue weighted by atomic mass is 9.97. The quantitative estimate of drug-likeness (QED) is 0.106. The molecule has 5 rings (SSSR count). The lowest BCUT2D eigenvalue weighted by Gasteiger charge is -2.44. The molecule has 240 valence electrons. The van der Waals surface area contributed by atoms with E-state index in [0.29, 0.717) is 0 Å². The van der Waals surface area contributed by atoms with Crippen LogP contribution in [-0.4, -0.2) is 67.1 Å². The lowest BCUT2D eigenvalue weighted by Crippen LogP contribution is -2.63. The fourth-order valence-corrected chi connectivity index (χ4v) is 4.80. The van der Waals surface area contributed by atoms with Crippen molar-refractivity contribution in [3.05, 3.63) is 144 Å². The number of esters is 4. The third kappa shape index (κ3) is 8.47. The predicted molar refractivity (Wildman–Crippen MR) is 167 cm³/mol. The van der Waals surface area contributed by atoms with Crippen molar-refractivity contribution >= 4 is 29.8 Å². The van der Waals surface area contributed by atoms with Gasteiger partial charge in [0.05, 0.1) is 22.3 Å². The lowest BCUT2D eigenvalue weighted by molar-refractivity contribution is -0.279. The standard InChI is InChI=1S/C36H31NO10/c1-23(37)43-36-31(47-35(41)27-20-12-5-13-21-27)30(46-34(40)26-18-10-4-11-19-26)29(45-33(39)25-16-8-3-9-17-25)28(44-36)22-42-32(38)24-14-6-2-7-15-24/h2-21,28-31,36-37H,22H2,1H3. The normalized spacial score (nSPS) is 20.2. The summed E-state index contributed by atoms with van der Waals surface area (Å²) in [5, 5.41) is 8.01. The Morgan fingerprint density at radius 2 is 0.894 bits per heavy atom. The number of carbonyl (C=O) groups is 4. The van der Waals surface area contributed by atoms with E-state index in [9.17, 15) is 19.2 Å². The molecular weight excluding hydrogens is 606 g/mol. The van der Waals surface area contributed by atoms with Gasteiger partial charge >= 0.3 is 23.9 Å². The highest BCUT2D eigenvalue weighted by atomic mass is 16.7. The van der Waals surface area contributed by atoms with E-state index in [0.717, 1.165) is 0 Å². The number of rotatable bonds is 10. The molecule has 1 heterocycles. The van der Waals surface area contributed by atoms with E-state index >= 15 is 0 Å². The number of ether oxygens (including phenoxy) is 6. The SMILES string of the molecule is CC(=N)OC1OC(COC(=O)c2ccccc2)C(OC(=O)c2ccccc2)C(OC(=O)c2ccccc2)C1OC(=O)c1ccccc1. The molecule has 47 heavy (non-hydrogen) atoms. The third-order valence-corrected chi connectivity index (χ3v) is 7.03. The van der Waals surface area contributed by atoms with Gasteiger partial charge in [-0.2, -0.15) is 0 Å². The summed E-state index contributed by atoms with van der Waals surface area (Å²) in [5.74, 6) is -3.47. The molecule has 0 radical (unpaired) electrons. The first-order valence-electron chi connectivity index (χ1n) is 14.7. The molecule has 1 fully saturated rings. The maximum absolute atomic E-state index is 13.5. The molecule has 1 aliphatic heterocycles. The van der Waals surface area contributed by atoms with E-state index in [4.69, 9.17) is 33.8 Å². The molecule has 0 saturated carbocycles. The fourth-order valence-electron chi connectivity index (χ4n) is 4.80. The van der Waals surface area contributed by atoms with Crippen LogP contribution in [0.25, 0.3) is 0 Å². The van der Waals surface area contributed by atoms with E-state index in [1.165, 1.54) is 43.3 Å². The molecule has 0 bridgehead atoms. The third-order valence-electron chi connectivity index (χ3n) is 7.03. The summed E-state index contributed by atoms with van der Waals surface area (Å²) >= 11 is 0. The van der Waals surface area contributed by atoms with Crippen molar-refractivity contribution in [2.45, 2.75) is 37.6 Å². The van der Waals surface area contributed by atoms with Crippen molar-refractivity contribution in [3.63, 3.8) is 0 Å². The zero-order valence-corrected chi connectivity index (χ0v) is 25.2. The van der Waals surface area contributed by atoms with E-state index < -0.39 is 61.2 Å². The largest absolute Gasteiger partial charge is 0.459 e. The van der Waals surface area contributed by atoms with Gasteiger partial charge in [0, 0.05) is 6.92 Å². The Labute approximate surface area is 270 Å². The van der Waals surface area contributed by atoms with Crippen molar-refractivity contribution in [1.82, 2.24) is 0 Å². The minimum atomic E-state index is -1.55. The highest BCUT2D eigenvalue weighted by Crippen LogP contribution is 2.32. The first-order chi connectivity index (χ1) is 22.8. The van der Waals surface area contributed by atoms with Gasteiger partial charge in [-0.15, -0.1) is 0 Å². The van der Waals surface area contributed by atoms with E-state index in [2.05, 4.69) is 0 Å². The molecule has 5 atom stereocenters. The molecule has 4 aromatic rings. The molecule has 0 aromatic heterocycles. The van der Waals surface area contributed by atoms with Crippen molar-refractivity contribution in [2.24, 2.45) is 0 Å². The van der Waals surface area contributed by atoms with Gasteiger partial charge in [-0.05, 0) is 48.5 Å². The van der Waals surface area contributed by atoms with Crippen LogP contribution in [0.4, 0.5) is 0 Å². The van der Waals surface area contributed by atoms with Crippen molar-refractivity contribution in [3.8, 4) is 0 Å². The molecule has 1 saturated heterocycles. The first-order valence-corrected chi connectivity index (χ1v) is 14.7. The maximum atomic E-state index is 13.5. The Morgan fingerprint density at radius 1 is 0.532 bits per heavy atom. The number of benzene rings is 4. The predicted octanol–water partition coefficient (Wildman–Crippen LogP) is 5.26. The fraction of sp³-hybridized carbons (Fsp3) is 0.194. The van der Waals surface area contributed by atoms with Gasteiger partial charge in [0.2, 0.25) is 12.4 Å². The maximum Gasteiger partial charge on any atom is 0.338 e.